The Kier molecular flexibility index (Phi) is 8.76. The van der Waals surface area contributed by atoms with Crippen LogP contribution < -0.4 is 15.4 Å². The van der Waals surface area contributed by atoms with E-state index in [2.05, 4.69) is 58.0 Å². The van der Waals surface area contributed by atoms with Gasteiger partial charge in [-0.15, -0.1) is 0 Å². The van der Waals surface area contributed by atoms with Gasteiger partial charge in [0.15, 0.2) is 5.96 Å². The Labute approximate surface area is 186 Å². The molecule has 1 aliphatic rings. The lowest BCUT2D eigenvalue weighted by atomic mass is 10.1. The molecule has 0 amide bonds. The minimum atomic E-state index is 0.306. The number of aromatic nitrogens is 2. The predicted molar refractivity (Wildman–Crippen MR) is 126 cm³/mol. The maximum atomic E-state index is 5.34. The molecule has 2 aromatic rings. The largest absolute Gasteiger partial charge is 0.497 e. The zero-order valence-electron chi connectivity index (χ0n) is 19.5. The van der Waals surface area contributed by atoms with Gasteiger partial charge in [-0.1, -0.05) is 26.0 Å². The minimum absolute atomic E-state index is 0.306. The summed E-state index contributed by atoms with van der Waals surface area (Å²) in [6, 6.07) is 8.76. The van der Waals surface area contributed by atoms with Crippen molar-refractivity contribution >= 4 is 5.96 Å². The number of ether oxygens (including phenoxy) is 1. The standard InChI is InChI=1S/C24H38N6O/c1-5-25-24(28-17-23-26-12-15-30(23)18-19(2)3)27-16-22(29-13-6-7-14-29)20-8-10-21(31-4)11-9-20/h8-12,15,19,22H,5-7,13-14,16-18H2,1-4H3,(H2,25,27,28). The molecule has 0 bridgehead atoms. The molecule has 0 saturated carbocycles. The van der Waals surface area contributed by atoms with E-state index in [0.717, 1.165) is 50.3 Å². The molecule has 3 rings (SSSR count). The van der Waals surface area contributed by atoms with Gasteiger partial charge in [0.2, 0.25) is 0 Å². The lowest BCUT2D eigenvalue weighted by molar-refractivity contribution is 0.245. The van der Waals surface area contributed by atoms with Crippen molar-refractivity contribution < 1.29 is 4.74 Å². The Morgan fingerprint density at radius 2 is 1.90 bits per heavy atom. The molecule has 2 N–H and O–H groups in total. The van der Waals surface area contributed by atoms with Crippen LogP contribution in [0.15, 0.2) is 41.7 Å². The molecule has 1 atom stereocenters. The van der Waals surface area contributed by atoms with Crippen molar-refractivity contribution in [2.75, 3.05) is 33.3 Å². The molecule has 2 heterocycles. The average Bonchev–Trinajstić information content (AvgIpc) is 3.44. The molecule has 7 heteroatoms. The summed E-state index contributed by atoms with van der Waals surface area (Å²) in [5, 5.41) is 6.96. The first-order chi connectivity index (χ1) is 15.1. The van der Waals surface area contributed by atoms with Crippen LogP contribution in [0.2, 0.25) is 0 Å². The summed E-state index contributed by atoms with van der Waals surface area (Å²) in [4.78, 5) is 11.9. The molecule has 0 radical (unpaired) electrons. The van der Waals surface area contributed by atoms with Crippen LogP contribution in [0, 0.1) is 5.92 Å². The van der Waals surface area contributed by atoms with E-state index in [9.17, 15) is 0 Å². The first kappa shape index (κ1) is 23.1. The Morgan fingerprint density at radius 1 is 1.16 bits per heavy atom. The fourth-order valence-corrected chi connectivity index (χ4v) is 4.07. The van der Waals surface area contributed by atoms with Gasteiger partial charge in [-0.25, -0.2) is 9.98 Å². The number of hydrogen-bond donors (Lipinski definition) is 2. The molecule has 1 aromatic carbocycles. The maximum Gasteiger partial charge on any atom is 0.191 e. The van der Waals surface area contributed by atoms with Gasteiger partial charge in [-0.2, -0.15) is 0 Å². The number of guanidine groups is 1. The molecule has 0 aliphatic carbocycles. The van der Waals surface area contributed by atoms with Crippen LogP contribution in [0.3, 0.4) is 0 Å². The van der Waals surface area contributed by atoms with Crippen molar-refractivity contribution in [3.05, 3.63) is 48.0 Å². The molecule has 1 unspecified atom stereocenters. The predicted octanol–water partition coefficient (Wildman–Crippen LogP) is 3.44. The highest BCUT2D eigenvalue weighted by Gasteiger charge is 2.23. The van der Waals surface area contributed by atoms with Crippen LogP contribution in [-0.4, -0.2) is 53.7 Å². The summed E-state index contributed by atoms with van der Waals surface area (Å²) in [6.45, 7) is 12.0. The fourth-order valence-electron chi connectivity index (χ4n) is 4.07. The number of nitrogens with zero attached hydrogens (tertiary/aromatic N) is 4. The van der Waals surface area contributed by atoms with Crippen molar-refractivity contribution in [3.63, 3.8) is 0 Å². The van der Waals surface area contributed by atoms with Gasteiger partial charge >= 0.3 is 0 Å². The number of imidazole rings is 1. The second-order valence-electron chi connectivity index (χ2n) is 8.50. The summed E-state index contributed by atoms with van der Waals surface area (Å²) in [6.07, 6.45) is 6.43. The van der Waals surface area contributed by atoms with Crippen molar-refractivity contribution in [2.24, 2.45) is 10.9 Å². The maximum absolute atomic E-state index is 5.34. The van der Waals surface area contributed by atoms with E-state index >= 15 is 0 Å². The number of methoxy groups -OCH3 is 1. The zero-order valence-corrected chi connectivity index (χ0v) is 19.5. The molecule has 170 valence electrons. The van der Waals surface area contributed by atoms with Gasteiger partial charge in [-0.05, 0) is 56.5 Å². The summed E-state index contributed by atoms with van der Waals surface area (Å²) >= 11 is 0. The average molecular weight is 427 g/mol. The van der Waals surface area contributed by atoms with Crippen LogP contribution >= 0.6 is 0 Å². The van der Waals surface area contributed by atoms with E-state index < -0.39 is 0 Å². The monoisotopic (exact) mass is 426 g/mol. The quantitative estimate of drug-likeness (QED) is 0.450. The second kappa shape index (κ2) is 11.7. The number of hydrogen-bond acceptors (Lipinski definition) is 4. The van der Waals surface area contributed by atoms with E-state index in [0.29, 0.717) is 18.5 Å². The van der Waals surface area contributed by atoms with Gasteiger partial charge in [0, 0.05) is 32.0 Å². The molecular formula is C24H38N6O. The van der Waals surface area contributed by atoms with Gasteiger partial charge in [0.25, 0.3) is 0 Å². The topological polar surface area (TPSA) is 66.7 Å². The van der Waals surface area contributed by atoms with E-state index in [1.165, 1.54) is 18.4 Å². The third-order valence-corrected chi connectivity index (χ3v) is 5.63. The molecule has 1 fully saturated rings. The second-order valence-corrected chi connectivity index (χ2v) is 8.50. The highest BCUT2D eigenvalue weighted by Crippen LogP contribution is 2.26. The summed E-state index contributed by atoms with van der Waals surface area (Å²) in [7, 11) is 1.71. The van der Waals surface area contributed by atoms with Gasteiger partial charge < -0.3 is 19.9 Å². The van der Waals surface area contributed by atoms with E-state index in [1.54, 1.807) is 7.11 Å². The zero-order chi connectivity index (χ0) is 22.1. The van der Waals surface area contributed by atoms with E-state index in [-0.39, 0.29) is 0 Å². The lowest BCUT2D eigenvalue weighted by Gasteiger charge is -2.29. The van der Waals surface area contributed by atoms with Crippen LogP contribution in [0.25, 0.3) is 0 Å². The molecule has 31 heavy (non-hydrogen) atoms. The van der Waals surface area contributed by atoms with Crippen molar-refractivity contribution in [1.82, 2.24) is 25.1 Å². The van der Waals surface area contributed by atoms with Crippen molar-refractivity contribution in [3.8, 4) is 5.75 Å². The van der Waals surface area contributed by atoms with Crippen LogP contribution in [0.5, 0.6) is 5.75 Å². The van der Waals surface area contributed by atoms with E-state index in [1.807, 2.05) is 24.5 Å². The summed E-state index contributed by atoms with van der Waals surface area (Å²) in [5.74, 6) is 3.30. The summed E-state index contributed by atoms with van der Waals surface area (Å²) < 4.78 is 7.54. The van der Waals surface area contributed by atoms with Crippen molar-refractivity contribution in [1.29, 1.82) is 0 Å². The Hall–Kier alpha value is -2.54. The molecular weight excluding hydrogens is 388 g/mol. The number of rotatable bonds is 10. The van der Waals surface area contributed by atoms with Gasteiger partial charge in [-0.3, -0.25) is 4.90 Å². The molecule has 1 aliphatic heterocycles. The van der Waals surface area contributed by atoms with Crippen LogP contribution in [-0.2, 0) is 13.1 Å². The Balaban J connectivity index is 1.69. The highest BCUT2D eigenvalue weighted by atomic mass is 16.5. The Morgan fingerprint density at radius 3 is 2.55 bits per heavy atom. The lowest BCUT2D eigenvalue weighted by Crippen LogP contribution is -2.42. The SMILES string of the molecule is CCNC(=NCc1nccn1CC(C)C)NCC(c1ccc(OC)cc1)N1CCCC1. The van der Waals surface area contributed by atoms with Crippen molar-refractivity contribution in [2.45, 2.75) is 52.7 Å². The number of nitrogens with one attached hydrogen (secondary N) is 2. The normalized spacial score (nSPS) is 16.0. The third-order valence-electron chi connectivity index (χ3n) is 5.63. The number of likely N-dealkylation sites (tertiary alicyclic amines) is 1. The minimum Gasteiger partial charge on any atom is -0.497 e. The molecule has 1 saturated heterocycles. The van der Waals surface area contributed by atoms with Gasteiger partial charge in [0.1, 0.15) is 18.1 Å². The number of aliphatic imine (C=N–C) groups is 1. The van der Waals surface area contributed by atoms with Crippen LogP contribution in [0.4, 0.5) is 0 Å². The Bertz CT molecular complexity index is 808. The van der Waals surface area contributed by atoms with Gasteiger partial charge in [0.05, 0.1) is 13.2 Å². The molecule has 0 spiro atoms. The third kappa shape index (κ3) is 6.72. The highest BCUT2D eigenvalue weighted by molar-refractivity contribution is 5.79. The molecule has 1 aromatic heterocycles. The first-order valence-electron chi connectivity index (χ1n) is 11.5. The summed E-state index contributed by atoms with van der Waals surface area (Å²) in [5.41, 5.74) is 1.30. The van der Waals surface area contributed by atoms with E-state index in [4.69, 9.17) is 9.73 Å². The van der Waals surface area contributed by atoms with Crippen LogP contribution in [0.1, 0.15) is 51.0 Å². The first-order valence-corrected chi connectivity index (χ1v) is 11.5. The molecule has 7 nitrogen and oxygen atoms in total. The number of benzene rings is 1. The smallest absolute Gasteiger partial charge is 0.191 e. The fraction of sp³-hybridized carbons (Fsp3) is 0.583.